The first kappa shape index (κ1) is 23.2. The molecule has 0 saturated carbocycles. The molecule has 9 heteroatoms. The Morgan fingerprint density at radius 2 is 1.63 bits per heavy atom. The maximum absolute atomic E-state index is 13.1. The van der Waals surface area contributed by atoms with Crippen LogP contribution in [-0.2, 0) is 22.9 Å². The van der Waals surface area contributed by atoms with E-state index in [9.17, 15) is 17.6 Å². The van der Waals surface area contributed by atoms with Crippen molar-refractivity contribution in [2.75, 3.05) is 10.0 Å². The number of fused-ring (bicyclic) bond motifs is 1. The summed E-state index contributed by atoms with van der Waals surface area (Å²) in [5.74, 6) is -0.862. The van der Waals surface area contributed by atoms with Crippen molar-refractivity contribution in [1.29, 1.82) is 0 Å². The summed E-state index contributed by atoms with van der Waals surface area (Å²) in [6.07, 6.45) is 4.66. The molecule has 4 aromatic rings. The fraction of sp³-hybridized carbons (Fsp3) is 0.154. The van der Waals surface area contributed by atoms with Gasteiger partial charge in [0.15, 0.2) is 5.13 Å². The number of aromatic nitrogens is 1. The molecule has 1 aromatic heterocycles. The predicted molar refractivity (Wildman–Crippen MR) is 136 cm³/mol. The first-order valence-corrected chi connectivity index (χ1v) is 13.5. The van der Waals surface area contributed by atoms with E-state index in [-0.39, 0.29) is 16.5 Å². The molecule has 6 nitrogen and oxygen atoms in total. The van der Waals surface area contributed by atoms with Gasteiger partial charge in [-0.1, -0.05) is 12.1 Å². The van der Waals surface area contributed by atoms with Crippen molar-refractivity contribution in [3.05, 3.63) is 94.6 Å². The number of amides is 1. The van der Waals surface area contributed by atoms with Crippen molar-refractivity contribution in [2.45, 2.75) is 30.6 Å². The molecule has 0 saturated heterocycles. The van der Waals surface area contributed by atoms with E-state index in [1.54, 1.807) is 0 Å². The van der Waals surface area contributed by atoms with Crippen molar-refractivity contribution in [2.24, 2.45) is 0 Å². The molecule has 178 valence electrons. The van der Waals surface area contributed by atoms with E-state index in [1.165, 1.54) is 71.7 Å². The third-order valence-corrected chi connectivity index (χ3v) is 8.05. The van der Waals surface area contributed by atoms with Gasteiger partial charge in [0, 0.05) is 22.2 Å². The number of thiazole rings is 1. The smallest absolute Gasteiger partial charge is 0.261 e. The molecule has 0 bridgehead atoms. The fourth-order valence-electron chi connectivity index (χ4n) is 4.04. The van der Waals surface area contributed by atoms with E-state index < -0.39 is 15.8 Å². The largest absolute Gasteiger partial charge is 0.298 e. The van der Waals surface area contributed by atoms with E-state index in [2.05, 4.69) is 33.2 Å². The molecule has 0 unspecified atom stereocenters. The third kappa shape index (κ3) is 5.26. The highest BCUT2D eigenvalue weighted by molar-refractivity contribution is 7.92. The Labute approximate surface area is 206 Å². The Kier molecular flexibility index (Phi) is 6.36. The van der Waals surface area contributed by atoms with Gasteiger partial charge in [-0.3, -0.25) is 14.8 Å². The Morgan fingerprint density at radius 1 is 0.914 bits per heavy atom. The van der Waals surface area contributed by atoms with E-state index in [4.69, 9.17) is 0 Å². The lowest BCUT2D eigenvalue weighted by Gasteiger charge is -2.16. The van der Waals surface area contributed by atoms with Crippen LogP contribution in [0.4, 0.5) is 15.2 Å². The van der Waals surface area contributed by atoms with E-state index >= 15 is 0 Å². The minimum absolute atomic E-state index is 0.0563. The second-order valence-corrected chi connectivity index (χ2v) is 10.9. The number of nitrogens with one attached hydrogen (secondary N) is 2. The van der Waals surface area contributed by atoms with Gasteiger partial charge in [-0.05, 0) is 91.4 Å². The second-order valence-electron chi connectivity index (χ2n) is 8.32. The predicted octanol–water partition coefficient (Wildman–Crippen LogP) is 5.88. The SMILES string of the molecule is O=C(Nc1nc(-c2ccc3c(c2)CCCC3)cs1)c1ccc(NS(=O)(=O)c2ccc(F)cc2)cc1. The highest BCUT2D eigenvalue weighted by Gasteiger charge is 2.16. The Balaban J connectivity index is 1.24. The number of sulfonamides is 1. The van der Waals surface area contributed by atoms with Crippen LogP contribution in [0.5, 0.6) is 0 Å². The first-order chi connectivity index (χ1) is 16.9. The van der Waals surface area contributed by atoms with Crippen molar-refractivity contribution >= 4 is 38.1 Å². The van der Waals surface area contributed by atoms with Crippen LogP contribution in [0, 0.1) is 5.82 Å². The van der Waals surface area contributed by atoms with Crippen molar-refractivity contribution in [1.82, 2.24) is 4.98 Å². The molecule has 35 heavy (non-hydrogen) atoms. The Bertz CT molecular complexity index is 1480. The molecular weight excluding hydrogens is 485 g/mol. The molecular formula is C26H22FN3O3S2. The van der Waals surface area contributed by atoms with Crippen LogP contribution < -0.4 is 10.0 Å². The molecule has 0 atom stereocenters. The first-order valence-electron chi connectivity index (χ1n) is 11.1. The number of nitrogens with zero attached hydrogens (tertiary/aromatic N) is 1. The van der Waals surface area contributed by atoms with Crippen LogP contribution in [-0.4, -0.2) is 19.3 Å². The monoisotopic (exact) mass is 507 g/mol. The van der Waals surface area contributed by atoms with E-state index in [0.717, 1.165) is 36.2 Å². The summed E-state index contributed by atoms with van der Waals surface area (Å²) in [7, 11) is -3.87. The van der Waals surface area contributed by atoms with Crippen molar-refractivity contribution in [3.63, 3.8) is 0 Å². The van der Waals surface area contributed by atoms with E-state index in [0.29, 0.717) is 10.7 Å². The van der Waals surface area contributed by atoms with E-state index in [1.807, 2.05) is 5.38 Å². The summed E-state index contributed by atoms with van der Waals surface area (Å²) >= 11 is 1.35. The van der Waals surface area contributed by atoms with Gasteiger partial charge in [-0.25, -0.2) is 17.8 Å². The average Bonchev–Trinajstić information content (AvgIpc) is 3.32. The van der Waals surface area contributed by atoms with Gasteiger partial charge in [0.25, 0.3) is 15.9 Å². The number of anilines is 2. The summed E-state index contributed by atoms with van der Waals surface area (Å²) in [5, 5.41) is 5.22. The summed E-state index contributed by atoms with van der Waals surface area (Å²) in [6.45, 7) is 0. The van der Waals surface area contributed by atoms with Crippen LogP contribution in [0.25, 0.3) is 11.3 Å². The van der Waals surface area contributed by atoms with Gasteiger partial charge in [0.05, 0.1) is 10.6 Å². The lowest BCUT2D eigenvalue weighted by molar-refractivity contribution is 0.102. The topological polar surface area (TPSA) is 88.2 Å². The molecule has 0 fully saturated rings. The third-order valence-electron chi connectivity index (χ3n) is 5.89. The standard InChI is InChI=1S/C26H22FN3O3S2/c27-21-9-13-23(14-10-21)35(32,33)30-22-11-7-18(8-12-22)25(31)29-26-28-24(16-34-26)20-6-5-17-3-1-2-4-19(17)15-20/h5-16,30H,1-4H2,(H,28,29,31). The van der Waals surface area contributed by atoms with Gasteiger partial charge in [0.1, 0.15) is 5.82 Å². The molecule has 1 heterocycles. The minimum Gasteiger partial charge on any atom is -0.298 e. The number of hydrogen-bond donors (Lipinski definition) is 2. The zero-order valence-electron chi connectivity index (χ0n) is 18.6. The summed E-state index contributed by atoms with van der Waals surface area (Å²) in [4.78, 5) is 17.2. The summed E-state index contributed by atoms with van der Waals surface area (Å²) < 4.78 is 40.4. The number of hydrogen-bond acceptors (Lipinski definition) is 5. The number of carbonyl (C=O) groups is 1. The molecule has 1 aliphatic carbocycles. The van der Waals surface area contributed by atoms with Gasteiger partial charge < -0.3 is 0 Å². The second kappa shape index (κ2) is 9.59. The molecule has 1 aliphatic rings. The molecule has 0 aliphatic heterocycles. The summed E-state index contributed by atoms with van der Waals surface area (Å²) in [5.41, 5.74) is 5.30. The molecule has 0 spiro atoms. The number of carbonyl (C=O) groups excluding carboxylic acids is 1. The Hall–Kier alpha value is -3.56. The van der Waals surface area contributed by atoms with Gasteiger partial charge in [-0.2, -0.15) is 0 Å². The maximum atomic E-state index is 13.1. The Morgan fingerprint density at radius 3 is 2.37 bits per heavy atom. The van der Waals surface area contributed by atoms with Crippen LogP contribution >= 0.6 is 11.3 Å². The molecule has 3 aromatic carbocycles. The van der Waals surface area contributed by atoms with Crippen LogP contribution in [0.15, 0.2) is 77.0 Å². The van der Waals surface area contributed by atoms with Crippen molar-refractivity contribution < 1.29 is 17.6 Å². The van der Waals surface area contributed by atoms with Gasteiger partial charge >= 0.3 is 0 Å². The normalized spacial score (nSPS) is 13.2. The molecule has 5 rings (SSSR count). The molecule has 0 radical (unpaired) electrons. The highest BCUT2D eigenvalue weighted by Crippen LogP contribution is 2.30. The van der Waals surface area contributed by atoms with Gasteiger partial charge in [-0.15, -0.1) is 11.3 Å². The van der Waals surface area contributed by atoms with Crippen molar-refractivity contribution in [3.8, 4) is 11.3 Å². The molecule has 1 amide bonds. The van der Waals surface area contributed by atoms with Crippen LogP contribution in [0.1, 0.15) is 34.3 Å². The minimum atomic E-state index is -3.87. The molecule has 2 N–H and O–H groups in total. The van der Waals surface area contributed by atoms with Crippen LogP contribution in [0.3, 0.4) is 0 Å². The maximum Gasteiger partial charge on any atom is 0.261 e. The highest BCUT2D eigenvalue weighted by atomic mass is 32.2. The lowest BCUT2D eigenvalue weighted by atomic mass is 9.90. The number of aryl methyl sites for hydroxylation is 2. The average molecular weight is 508 g/mol. The number of halogens is 1. The van der Waals surface area contributed by atoms with Crippen LogP contribution in [0.2, 0.25) is 0 Å². The number of benzene rings is 3. The van der Waals surface area contributed by atoms with Gasteiger partial charge in [0.2, 0.25) is 0 Å². The number of rotatable bonds is 6. The zero-order valence-corrected chi connectivity index (χ0v) is 20.3. The quantitative estimate of drug-likeness (QED) is 0.341. The fourth-order valence-corrected chi connectivity index (χ4v) is 5.82. The zero-order chi connectivity index (χ0) is 24.4. The lowest BCUT2D eigenvalue weighted by Crippen LogP contribution is -2.14. The summed E-state index contributed by atoms with van der Waals surface area (Å²) in [6, 6.07) is 17.0.